The number of hydrogen-bond acceptors (Lipinski definition) is 4. The molecule has 7 heteroatoms. The Labute approximate surface area is 122 Å². The molecule has 0 unspecified atom stereocenters. The highest BCUT2D eigenvalue weighted by atomic mass is 19.1. The molecule has 0 saturated heterocycles. The molecular weight excluding hydrogens is 273 g/mol. The number of amidine groups is 1. The molecule has 0 radical (unpaired) electrons. The average molecular weight is 291 g/mol. The van der Waals surface area contributed by atoms with Crippen molar-refractivity contribution < 1.29 is 9.60 Å². The molecule has 4 N–H and O–H groups in total. The summed E-state index contributed by atoms with van der Waals surface area (Å²) in [5, 5.41) is 19.1. The zero-order valence-electron chi connectivity index (χ0n) is 12.0. The number of benzene rings is 1. The summed E-state index contributed by atoms with van der Waals surface area (Å²) in [5.41, 5.74) is 8.88. The number of nitrogens with one attached hydrogen (secondary N) is 1. The van der Waals surface area contributed by atoms with Crippen LogP contribution in [0.4, 0.5) is 4.39 Å². The maximum absolute atomic E-state index is 13.3. The molecule has 6 nitrogen and oxygen atoms in total. The van der Waals surface area contributed by atoms with Crippen molar-refractivity contribution in [1.29, 1.82) is 0 Å². The smallest absolute Gasteiger partial charge is 0.170 e. The van der Waals surface area contributed by atoms with E-state index in [0.717, 1.165) is 16.8 Å². The van der Waals surface area contributed by atoms with Gasteiger partial charge in [-0.25, -0.2) is 4.39 Å². The summed E-state index contributed by atoms with van der Waals surface area (Å²) in [6, 6.07) is 4.22. The van der Waals surface area contributed by atoms with E-state index in [0.29, 0.717) is 18.7 Å². The molecule has 112 valence electrons. The second-order valence-corrected chi connectivity index (χ2v) is 4.77. The largest absolute Gasteiger partial charge is 0.409 e. The molecular formula is C14H18FN5O. The van der Waals surface area contributed by atoms with Crippen LogP contribution in [0.1, 0.15) is 22.4 Å². The number of aromatic nitrogens is 2. The van der Waals surface area contributed by atoms with Crippen molar-refractivity contribution in [2.24, 2.45) is 17.9 Å². The van der Waals surface area contributed by atoms with E-state index in [1.165, 1.54) is 12.1 Å². The highest BCUT2D eigenvalue weighted by Crippen LogP contribution is 2.12. The summed E-state index contributed by atoms with van der Waals surface area (Å²) in [4.78, 5) is 0. The van der Waals surface area contributed by atoms with Crippen molar-refractivity contribution >= 4 is 5.84 Å². The fraction of sp³-hybridized carbons (Fsp3) is 0.286. The van der Waals surface area contributed by atoms with Crippen molar-refractivity contribution in [2.75, 3.05) is 0 Å². The van der Waals surface area contributed by atoms with Gasteiger partial charge in [-0.2, -0.15) is 5.10 Å². The molecule has 0 aliphatic rings. The van der Waals surface area contributed by atoms with Gasteiger partial charge in [-0.15, -0.1) is 0 Å². The van der Waals surface area contributed by atoms with Gasteiger partial charge >= 0.3 is 0 Å². The summed E-state index contributed by atoms with van der Waals surface area (Å²) >= 11 is 0. The monoisotopic (exact) mass is 291 g/mol. The number of oxime groups is 1. The van der Waals surface area contributed by atoms with E-state index in [1.54, 1.807) is 16.9 Å². The third-order valence-electron chi connectivity index (χ3n) is 3.42. The van der Waals surface area contributed by atoms with Crippen LogP contribution < -0.4 is 11.1 Å². The number of rotatable bonds is 5. The standard InChI is InChI=1S/C14H18FN5O/c1-9-11(8-18-20(9)2)7-17-6-10-3-4-12(15)5-13(10)14(16)19-21/h3-5,8,17,21H,6-7H2,1-2H3,(H2,16,19). The number of nitrogens with two attached hydrogens (primary N) is 1. The van der Waals surface area contributed by atoms with Gasteiger partial charge in [0.2, 0.25) is 0 Å². The Hall–Kier alpha value is -2.41. The van der Waals surface area contributed by atoms with Crippen LogP contribution in [0, 0.1) is 12.7 Å². The highest BCUT2D eigenvalue weighted by Gasteiger charge is 2.09. The number of halogens is 1. The van der Waals surface area contributed by atoms with Crippen LogP contribution in [0.2, 0.25) is 0 Å². The summed E-state index contributed by atoms with van der Waals surface area (Å²) < 4.78 is 15.1. The van der Waals surface area contributed by atoms with Gasteiger partial charge in [0.25, 0.3) is 0 Å². The molecule has 0 aliphatic heterocycles. The van der Waals surface area contributed by atoms with Gasteiger partial charge in [0.15, 0.2) is 5.84 Å². The van der Waals surface area contributed by atoms with E-state index in [2.05, 4.69) is 15.6 Å². The van der Waals surface area contributed by atoms with Crippen molar-refractivity contribution in [3.8, 4) is 0 Å². The Balaban J connectivity index is 2.08. The van der Waals surface area contributed by atoms with Gasteiger partial charge in [0.1, 0.15) is 5.82 Å². The fourth-order valence-electron chi connectivity index (χ4n) is 2.04. The van der Waals surface area contributed by atoms with E-state index in [9.17, 15) is 4.39 Å². The Bertz CT molecular complexity index is 665. The van der Waals surface area contributed by atoms with E-state index >= 15 is 0 Å². The van der Waals surface area contributed by atoms with Gasteiger partial charge in [0.05, 0.1) is 6.20 Å². The lowest BCUT2D eigenvalue weighted by Gasteiger charge is -2.10. The van der Waals surface area contributed by atoms with E-state index in [4.69, 9.17) is 10.9 Å². The summed E-state index contributed by atoms with van der Waals surface area (Å²) in [6.07, 6.45) is 1.80. The molecule has 0 amide bonds. The SMILES string of the molecule is Cc1c(CNCc2ccc(F)cc2/C(N)=N/O)cnn1C. The molecule has 0 fully saturated rings. The van der Waals surface area contributed by atoms with E-state index < -0.39 is 5.82 Å². The molecule has 0 atom stereocenters. The van der Waals surface area contributed by atoms with E-state index in [-0.39, 0.29) is 5.84 Å². The molecule has 2 aromatic rings. The first-order valence-corrected chi connectivity index (χ1v) is 6.47. The molecule has 21 heavy (non-hydrogen) atoms. The van der Waals surface area contributed by atoms with Crippen LogP contribution in [0.5, 0.6) is 0 Å². The predicted molar refractivity (Wildman–Crippen MR) is 77.4 cm³/mol. The zero-order chi connectivity index (χ0) is 15.4. The Morgan fingerprint density at radius 2 is 2.14 bits per heavy atom. The topological polar surface area (TPSA) is 88.5 Å². The van der Waals surface area contributed by atoms with Crippen molar-refractivity contribution in [2.45, 2.75) is 20.0 Å². The predicted octanol–water partition coefficient (Wildman–Crippen LogP) is 1.25. The zero-order valence-corrected chi connectivity index (χ0v) is 12.0. The van der Waals surface area contributed by atoms with Crippen molar-refractivity contribution in [1.82, 2.24) is 15.1 Å². The van der Waals surface area contributed by atoms with Gasteiger partial charge < -0.3 is 16.3 Å². The molecule has 1 heterocycles. The lowest BCUT2D eigenvalue weighted by Crippen LogP contribution is -2.20. The van der Waals surface area contributed by atoms with Crippen LogP contribution in [-0.4, -0.2) is 20.8 Å². The Morgan fingerprint density at radius 3 is 2.76 bits per heavy atom. The second-order valence-electron chi connectivity index (χ2n) is 4.77. The Morgan fingerprint density at radius 1 is 1.43 bits per heavy atom. The van der Waals surface area contributed by atoms with Gasteiger partial charge in [0, 0.05) is 37.0 Å². The summed E-state index contributed by atoms with van der Waals surface area (Å²) in [6.45, 7) is 3.09. The fourth-order valence-corrected chi connectivity index (χ4v) is 2.04. The van der Waals surface area contributed by atoms with Gasteiger partial charge in [-0.3, -0.25) is 4.68 Å². The minimum absolute atomic E-state index is 0.108. The van der Waals surface area contributed by atoms with Gasteiger partial charge in [-0.05, 0) is 24.6 Å². The maximum atomic E-state index is 13.3. The molecule has 1 aromatic heterocycles. The van der Waals surface area contributed by atoms with Crippen LogP contribution in [0.25, 0.3) is 0 Å². The first kappa shape index (κ1) is 15.0. The normalized spacial score (nSPS) is 11.9. The molecule has 0 bridgehead atoms. The minimum atomic E-state index is -0.427. The number of aryl methyl sites for hydroxylation is 1. The second kappa shape index (κ2) is 6.36. The lowest BCUT2D eigenvalue weighted by atomic mass is 10.1. The van der Waals surface area contributed by atoms with Crippen molar-refractivity contribution in [3.63, 3.8) is 0 Å². The first-order chi connectivity index (χ1) is 10.0. The average Bonchev–Trinajstić information content (AvgIpc) is 2.80. The molecule has 0 spiro atoms. The number of hydrogen-bond donors (Lipinski definition) is 3. The molecule has 0 saturated carbocycles. The number of nitrogens with zero attached hydrogens (tertiary/aromatic N) is 3. The van der Waals surface area contributed by atoms with E-state index in [1.807, 2.05) is 14.0 Å². The van der Waals surface area contributed by atoms with Crippen LogP contribution >= 0.6 is 0 Å². The molecule has 1 aromatic carbocycles. The van der Waals surface area contributed by atoms with Crippen molar-refractivity contribution in [3.05, 3.63) is 52.6 Å². The lowest BCUT2D eigenvalue weighted by molar-refractivity contribution is 0.318. The molecule has 2 rings (SSSR count). The highest BCUT2D eigenvalue weighted by molar-refractivity contribution is 5.98. The van der Waals surface area contributed by atoms with Crippen LogP contribution in [0.3, 0.4) is 0 Å². The third-order valence-corrected chi connectivity index (χ3v) is 3.42. The quantitative estimate of drug-likeness (QED) is 0.335. The maximum Gasteiger partial charge on any atom is 0.170 e. The Kier molecular flexibility index (Phi) is 4.54. The van der Waals surface area contributed by atoms with Crippen LogP contribution in [-0.2, 0) is 20.1 Å². The first-order valence-electron chi connectivity index (χ1n) is 6.47. The molecule has 0 aliphatic carbocycles. The summed E-state index contributed by atoms with van der Waals surface area (Å²) in [5.74, 6) is -0.535. The third kappa shape index (κ3) is 3.38. The van der Waals surface area contributed by atoms with Gasteiger partial charge in [-0.1, -0.05) is 11.2 Å². The minimum Gasteiger partial charge on any atom is -0.409 e. The summed E-state index contributed by atoms with van der Waals surface area (Å²) in [7, 11) is 1.88. The van der Waals surface area contributed by atoms with Crippen LogP contribution in [0.15, 0.2) is 29.6 Å².